The third-order valence-corrected chi connectivity index (χ3v) is 6.70. The zero-order valence-corrected chi connectivity index (χ0v) is 19.2. The van der Waals surface area contributed by atoms with Gasteiger partial charge in [-0.15, -0.1) is 0 Å². The first-order chi connectivity index (χ1) is 16.6. The summed E-state index contributed by atoms with van der Waals surface area (Å²) in [7, 11) is 0. The lowest BCUT2D eigenvalue weighted by atomic mass is 9.91. The molecule has 1 saturated heterocycles. The number of rotatable bonds is 7. The van der Waals surface area contributed by atoms with Crippen LogP contribution in [0.5, 0.6) is 0 Å². The quantitative estimate of drug-likeness (QED) is 0.435. The molecule has 0 aromatic carbocycles. The summed E-state index contributed by atoms with van der Waals surface area (Å²) in [5.74, 6) is 0.914. The largest absolute Gasteiger partial charge is 0.463 e. The first-order valence-electron chi connectivity index (χ1n) is 11.2. The molecular formula is C24H24N6O3S. The minimum Gasteiger partial charge on any atom is -0.463 e. The topological polar surface area (TPSA) is 122 Å². The number of carbonyl (C=O) groups excluding carboxylic acids is 2. The molecule has 2 aliphatic rings. The standard InChI is InChI=1S/C24H24N6O3S/c31-22-20(34-24(32)30-22)13-18-9-11-26-23(29-18)28-17-7-5-16(6-8-17)27-14-15-3-1-10-25-21(15)19-4-2-12-33-19/h1-4,9-13,16-17,27H,5-8,14H2,(H,26,28,29)(H,30,31,32)/b20-13-. The molecule has 10 heteroatoms. The first kappa shape index (κ1) is 22.3. The second-order valence-corrected chi connectivity index (χ2v) is 9.23. The summed E-state index contributed by atoms with van der Waals surface area (Å²) in [6.07, 6.45) is 10.8. The van der Waals surface area contributed by atoms with Crippen LogP contribution in [0.2, 0.25) is 0 Å². The molecule has 0 unspecified atom stereocenters. The Hall–Kier alpha value is -3.50. The highest BCUT2D eigenvalue weighted by atomic mass is 32.2. The maximum atomic E-state index is 11.7. The van der Waals surface area contributed by atoms with E-state index in [1.165, 1.54) is 0 Å². The van der Waals surface area contributed by atoms with E-state index in [2.05, 4.69) is 37.0 Å². The Kier molecular flexibility index (Phi) is 6.68. The zero-order chi connectivity index (χ0) is 23.3. The monoisotopic (exact) mass is 476 g/mol. The molecule has 2 amide bonds. The molecule has 0 spiro atoms. The minimum absolute atomic E-state index is 0.281. The Balaban J connectivity index is 1.13. The fourth-order valence-electron chi connectivity index (χ4n) is 4.17. The van der Waals surface area contributed by atoms with E-state index in [1.807, 2.05) is 18.2 Å². The van der Waals surface area contributed by atoms with Gasteiger partial charge in [0.05, 0.1) is 16.9 Å². The number of hydrogen-bond acceptors (Lipinski definition) is 9. The number of pyridine rings is 1. The summed E-state index contributed by atoms with van der Waals surface area (Å²) in [5.41, 5.74) is 2.58. The van der Waals surface area contributed by atoms with Crippen LogP contribution in [0.1, 0.15) is 36.9 Å². The normalized spacial score (nSPS) is 21.6. The first-order valence-corrected chi connectivity index (χ1v) is 12.0. The molecule has 34 heavy (non-hydrogen) atoms. The van der Waals surface area contributed by atoms with Crippen LogP contribution < -0.4 is 16.0 Å². The Morgan fingerprint density at radius 3 is 2.68 bits per heavy atom. The van der Waals surface area contributed by atoms with Gasteiger partial charge < -0.3 is 15.1 Å². The molecule has 0 atom stereocenters. The summed E-state index contributed by atoms with van der Waals surface area (Å²) in [4.78, 5) is 36.7. The summed E-state index contributed by atoms with van der Waals surface area (Å²) in [6, 6.07) is 10.2. The van der Waals surface area contributed by atoms with E-state index in [9.17, 15) is 9.59 Å². The van der Waals surface area contributed by atoms with Crippen molar-refractivity contribution in [3.05, 3.63) is 65.2 Å². The van der Waals surface area contributed by atoms with E-state index in [0.29, 0.717) is 22.6 Å². The van der Waals surface area contributed by atoms with Gasteiger partial charge in [-0.2, -0.15) is 0 Å². The van der Waals surface area contributed by atoms with Gasteiger partial charge in [-0.05, 0) is 73.4 Å². The van der Waals surface area contributed by atoms with Crippen molar-refractivity contribution in [2.24, 2.45) is 0 Å². The Morgan fingerprint density at radius 2 is 1.91 bits per heavy atom. The molecule has 9 nitrogen and oxygen atoms in total. The fourth-order valence-corrected chi connectivity index (χ4v) is 4.84. The van der Waals surface area contributed by atoms with E-state index < -0.39 is 5.91 Å². The lowest BCUT2D eigenvalue weighted by molar-refractivity contribution is -0.115. The van der Waals surface area contributed by atoms with Gasteiger partial charge in [-0.25, -0.2) is 9.97 Å². The molecule has 174 valence electrons. The molecule has 1 aliphatic carbocycles. The van der Waals surface area contributed by atoms with Gasteiger partial charge in [0.15, 0.2) is 5.76 Å². The average molecular weight is 477 g/mol. The molecule has 0 bridgehead atoms. The Labute approximate surface area is 200 Å². The number of aromatic nitrogens is 3. The van der Waals surface area contributed by atoms with Crippen molar-refractivity contribution in [1.82, 2.24) is 25.6 Å². The van der Waals surface area contributed by atoms with Gasteiger partial charge in [0.25, 0.3) is 11.1 Å². The van der Waals surface area contributed by atoms with Gasteiger partial charge in [-0.3, -0.25) is 19.9 Å². The van der Waals surface area contributed by atoms with Crippen molar-refractivity contribution in [2.45, 2.75) is 44.3 Å². The molecule has 5 rings (SSSR count). The van der Waals surface area contributed by atoms with Crippen LogP contribution in [0.3, 0.4) is 0 Å². The molecule has 0 radical (unpaired) electrons. The lowest BCUT2D eigenvalue weighted by Gasteiger charge is -2.30. The predicted molar refractivity (Wildman–Crippen MR) is 130 cm³/mol. The number of nitrogens with one attached hydrogen (secondary N) is 3. The van der Waals surface area contributed by atoms with E-state index in [4.69, 9.17) is 4.42 Å². The number of anilines is 1. The third-order valence-electron chi connectivity index (χ3n) is 5.89. The second kappa shape index (κ2) is 10.2. The van der Waals surface area contributed by atoms with Crippen LogP contribution in [0.15, 0.2) is 58.3 Å². The van der Waals surface area contributed by atoms with E-state index >= 15 is 0 Å². The molecule has 3 N–H and O–H groups in total. The van der Waals surface area contributed by atoms with Crippen molar-refractivity contribution in [3.63, 3.8) is 0 Å². The van der Waals surface area contributed by atoms with Crippen LogP contribution >= 0.6 is 11.8 Å². The van der Waals surface area contributed by atoms with Crippen molar-refractivity contribution in [1.29, 1.82) is 0 Å². The van der Waals surface area contributed by atoms with Crippen molar-refractivity contribution < 1.29 is 14.0 Å². The van der Waals surface area contributed by atoms with Crippen molar-refractivity contribution in [2.75, 3.05) is 5.32 Å². The molecule has 4 heterocycles. The average Bonchev–Trinajstić information content (AvgIpc) is 3.49. The highest BCUT2D eigenvalue weighted by Crippen LogP contribution is 2.26. The van der Waals surface area contributed by atoms with Crippen LogP contribution in [-0.2, 0) is 11.3 Å². The van der Waals surface area contributed by atoms with Crippen LogP contribution in [-0.4, -0.2) is 38.2 Å². The highest BCUT2D eigenvalue weighted by molar-refractivity contribution is 8.18. The van der Waals surface area contributed by atoms with Gasteiger partial charge >= 0.3 is 0 Å². The van der Waals surface area contributed by atoms with Gasteiger partial charge in [-0.1, -0.05) is 6.07 Å². The van der Waals surface area contributed by atoms with E-state index in [1.54, 1.807) is 30.8 Å². The Bertz CT molecular complexity index is 1200. The molecule has 1 saturated carbocycles. The van der Waals surface area contributed by atoms with E-state index in [0.717, 1.165) is 61.0 Å². The molecule has 3 aromatic heterocycles. The second-order valence-electron chi connectivity index (χ2n) is 8.22. The van der Waals surface area contributed by atoms with Gasteiger partial charge in [0.1, 0.15) is 5.69 Å². The molecule has 1 aliphatic heterocycles. The summed E-state index contributed by atoms with van der Waals surface area (Å²) in [5, 5.41) is 8.96. The molecule has 3 aromatic rings. The predicted octanol–water partition coefficient (Wildman–Crippen LogP) is 3.97. The summed E-state index contributed by atoms with van der Waals surface area (Å²) in [6.45, 7) is 0.737. The fraction of sp³-hybridized carbons (Fsp3) is 0.292. The molecular weight excluding hydrogens is 452 g/mol. The van der Waals surface area contributed by atoms with Gasteiger partial charge in [0.2, 0.25) is 5.95 Å². The van der Waals surface area contributed by atoms with Crippen molar-refractivity contribution >= 4 is 34.9 Å². The van der Waals surface area contributed by atoms with Crippen molar-refractivity contribution in [3.8, 4) is 11.5 Å². The Morgan fingerprint density at radius 1 is 1.06 bits per heavy atom. The zero-order valence-electron chi connectivity index (χ0n) is 18.4. The van der Waals surface area contributed by atoms with E-state index in [-0.39, 0.29) is 11.3 Å². The number of amides is 2. The number of furan rings is 1. The smallest absolute Gasteiger partial charge is 0.290 e. The maximum absolute atomic E-state index is 11.7. The third kappa shape index (κ3) is 5.35. The number of hydrogen-bond donors (Lipinski definition) is 3. The molecule has 2 fully saturated rings. The van der Waals surface area contributed by atoms with Gasteiger partial charge in [0, 0.05) is 31.0 Å². The highest BCUT2D eigenvalue weighted by Gasteiger charge is 2.25. The SMILES string of the molecule is O=C1NC(=O)/C(=C/c2ccnc(NC3CCC(NCc4cccnc4-c4ccco4)CC3)n2)S1. The summed E-state index contributed by atoms with van der Waals surface area (Å²) < 4.78 is 5.53. The number of thioether (sulfide) groups is 1. The number of nitrogens with zero attached hydrogens (tertiary/aromatic N) is 3. The lowest BCUT2D eigenvalue weighted by Crippen LogP contribution is -2.37. The van der Waals surface area contributed by atoms with Crippen LogP contribution in [0.4, 0.5) is 10.7 Å². The van der Waals surface area contributed by atoms with Crippen LogP contribution in [0.25, 0.3) is 17.5 Å². The number of carbonyl (C=O) groups is 2. The number of imide groups is 1. The maximum Gasteiger partial charge on any atom is 0.290 e. The summed E-state index contributed by atoms with van der Waals surface area (Å²) >= 11 is 0.878. The van der Waals surface area contributed by atoms with Crippen LogP contribution in [0, 0.1) is 0 Å². The minimum atomic E-state index is -0.392.